The molecule has 2 amide bonds. The Labute approximate surface area is 198 Å². The number of amides is 2. The number of hydrogen-bond acceptors (Lipinski definition) is 5. The van der Waals surface area contributed by atoms with Crippen LogP contribution in [0.3, 0.4) is 0 Å². The summed E-state index contributed by atoms with van der Waals surface area (Å²) in [5, 5.41) is 8.61. The molecule has 0 saturated carbocycles. The predicted molar refractivity (Wildman–Crippen MR) is 133 cm³/mol. The summed E-state index contributed by atoms with van der Waals surface area (Å²) in [7, 11) is 1.58. The van der Waals surface area contributed by atoms with E-state index in [9.17, 15) is 9.59 Å². The number of carbonyl (C=O) groups excluding carboxylic acids is 2. The number of carbonyl (C=O) groups is 2. The SMILES string of the molecule is COCCOc1ccccc1C(=O)NC(=S)Nc1ccc(NC(=O)c2cccc(C)c2)cc1. The summed E-state index contributed by atoms with van der Waals surface area (Å²) >= 11 is 5.27. The van der Waals surface area contributed by atoms with E-state index in [0.717, 1.165) is 5.56 Å². The van der Waals surface area contributed by atoms with Crippen molar-refractivity contribution in [2.24, 2.45) is 0 Å². The van der Waals surface area contributed by atoms with Crippen LogP contribution in [0.5, 0.6) is 5.75 Å². The lowest BCUT2D eigenvalue weighted by molar-refractivity contribution is 0.0968. The van der Waals surface area contributed by atoms with E-state index >= 15 is 0 Å². The third-order valence-electron chi connectivity index (χ3n) is 4.58. The Morgan fingerprint density at radius 1 is 0.848 bits per heavy atom. The lowest BCUT2D eigenvalue weighted by Gasteiger charge is -2.13. The second-order valence-electron chi connectivity index (χ2n) is 7.15. The van der Waals surface area contributed by atoms with Crippen molar-refractivity contribution in [1.82, 2.24) is 5.32 Å². The molecule has 0 unspecified atom stereocenters. The van der Waals surface area contributed by atoms with Crippen molar-refractivity contribution in [1.29, 1.82) is 0 Å². The topological polar surface area (TPSA) is 88.7 Å². The van der Waals surface area contributed by atoms with E-state index in [1.807, 2.05) is 25.1 Å². The Kier molecular flexibility index (Phi) is 8.51. The van der Waals surface area contributed by atoms with Crippen LogP contribution in [-0.2, 0) is 4.74 Å². The van der Waals surface area contributed by atoms with Gasteiger partial charge < -0.3 is 20.1 Å². The zero-order valence-electron chi connectivity index (χ0n) is 18.4. The monoisotopic (exact) mass is 463 g/mol. The molecule has 0 aromatic heterocycles. The van der Waals surface area contributed by atoms with Crippen molar-refractivity contribution in [3.8, 4) is 5.75 Å². The largest absolute Gasteiger partial charge is 0.490 e. The van der Waals surface area contributed by atoms with Gasteiger partial charge in [0.1, 0.15) is 12.4 Å². The zero-order chi connectivity index (χ0) is 23.6. The van der Waals surface area contributed by atoms with Gasteiger partial charge in [0.2, 0.25) is 0 Å². The predicted octanol–water partition coefficient (Wildman–Crippen LogP) is 4.40. The van der Waals surface area contributed by atoms with Gasteiger partial charge in [-0.3, -0.25) is 14.9 Å². The standard InChI is InChI=1S/C25H25N3O4S/c1-17-6-5-7-18(16-17)23(29)26-19-10-12-20(13-11-19)27-25(33)28-24(30)21-8-3-4-9-22(21)32-15-14-31-2/h3-13,16H,14-15H2,1-2H3,(H,26,29)(H2,27,28,30,33). The Hall–Kier alpha value is -3.75. The van der Waals surface area contributed by atoms with Crippen LogP contribution in [0.25, 0.3) is 0 Å². The second-order valence-corrected chi connectivity index (χ2v) is 7.55. The molecule has 3 aromatic carbocycles. The molecule has 0 radical (unpaired) electrons. The van der Waals surface area contributed by atoms with E-state index in [2.05, 4.69) is 16.0 Å². The quantitative estimate of drug-likeness (QED) is 0.339. The summed E-state index contributed by atoms with van der Waals surface area (Å²) in [6.45, 7) is 2.68. The molecular weight excluding hydrogens is 438 g/mol. The molecule has 33 heavy (non-hydrogen) atoms. The number of para-hydroxylation sites is 1. The maximum Gasteiger partial charge on any atom is 0.261 e. The normalized spacial score (nSPS) is 10.2. The molecule has 170 valence electrons. The molecule has 8 heteroatoms. The van der Waals surface area contributed by atoms with Gasteiger partial charge in [-0.05, 0) is 67.7 Å². The van der Waals surface area contributed by atoms with Crippen LogP contribution >= 0.6 is 12.2 Å². The van der Waals surface area contributed by atoms with Gasteiger partial charge in [0.05, 0.1) is 12.2 Å². The van der Waals surface area contributed by atoms with Gasteiger partial charge in [0, 0.05) is 24.0 Å². The highest BCUT2D eigenvalue weighted by Gasteiger charge is 2.14. The van der Waals surface area contributed by atoms with E-state index in [1.165, 1.54) is 0 Å². The second kappa shape index (κ2) is 11.8. The van der Waals surface area contributed by atoms with E-state index in [-0.39, 0.29) is 16.9 Å². The maximum absolute atomic E-state index is 12.6. The average molecular weight is 464 g/mol. The first-order valence-electron chi connectivity index (χ1n) is 10.3. The molecule has 0 saturated heterocycles. The molecular formula is C25H25N3O4S. The smallest absolute Gasteiger partial charge is 0.261 e. The van der Waals surface area contributed by atoms with Crippen LogP contribution in [0.15, 0.2) is 72.8 Å². The molecule has 3 aromatic rings. The van der Waals surface area contributed by atoms with Crippen LogP contribution in [0.1, 0.15) is 26.3 Å². The van der Waals surface area contributed by atoms with Crippen LogP contribution in [0.4, 0.5) is 11.4 Å². The molecule has 0 aliphatic heterocycles. The first-order valence-corrected chi connectivity index (χ1v) is 10.7. The highest BCUT2D eigenvalue weighted by molar-refractivity contribution is 7.80. The van der Waals surface area contributed by atoms with Crippen LogP contribution < -0.4 is 20.7 Å². The van der Waals surface area contributed by atoms with Gasteiger partial charge in [-0.25, -0.2) is 0 Å². The summed E-state index contributed by atoms with van der Waals surface area (Å²) in [4.78, 5) is 25.0. The number of rotatable bonds is 8. The number of thiocarbonyl (C=S) groups is 1. The molecule has 3 N–H and O–H groups in total. The fraction of sp³-hybridized carbons (Fsp3) is 0.160. The van der Waals surface area contributed by atoms with Crippen molar-refractivity contribution < 1.29 is 19.1 Å². The first kappa shape index (κ1) is 23.9. The summed E-state index contributed by atoms with van der Waals surface area (Å²) < 4.78 is 10.6. The molecule has 0 bridgehead atoms. The lowest BCUT2D eigenvalue weighted by atomic mass is 10.1. The highest BCUT2D eigenvalue weighted by atomic mass is 32.1. The number of methoxy groups -OCH3 is 1. The maximum atomic E-state index is 12.6. The molecule has 0 aliphatic rings. The van der Waals surface area contributed by atoms with Crippen LogP contribution in [-0.4, -0.2) is 37.3 Å². The fourth-order valence-corrected chi connectivity index (χ4v) is 3.18. The number of benzene rings is 3. The van der Waals surface area contributed by atoms with Crippen molar-refractivity contribution in [3.05, 3.63) is 89.5 Å². The van der Waals surface area contributed by atoms with Gasteiger partial charge in [-0.1, -0.05) is 29.8 Å². The number of hydrogen-bond donors (Lipinski definition) is 3. The fourth-order valence-electron chi connectivity index (χ4n) is 2.97. The molecule has 0 heterocycles. The molecule has 0 fully saturated rings. The highest BCUT2D eigenvalue weighted by Crippen LogP contribution is 2.18. The summed E-state index contributed by atoms with van der Waals surface area (Å²) in [6.07, 6.45) is 0. The minimum absolute atomic E-state index is 0.142. The summed E-state index contributed by atoms with van der Waals surface area (Å²) in [5.74, 6) is -0.125. The van der Waals surface area contributed by atoms with E-state index < -0.39 is 0 Å². The van der Waals surface area contributed by atoms with Gasteiger partial charge in [0.25, 0.3) is 11.8 Å². The van der Waals surface area contributed by atoms with Gasteiger partial charge in [-0.15, -0.1) is 0 Å². The van der Waals surface area contributed by atoms with Gasteiger partial charge >= 0.3 is 0 Å². The minimum atomic E-state index is -0.387. The molecule has 7 nitrogen and oxygen atoms in total. The minimum Gasteiger partial charge on any atom is -0.490 e. The Balaban J connectivity index is 1.55. The van der Waals surface area contributed by atoms with Crippen LogP contribution in [0.2, 0.25) is 0 Å². The number of ether oxygens (including phenoxy) is 2. The van der Waals surface area contributed by atoms with Crippen LogP contribution in [0, 0.1) is 6.92 Å². The van der Waals surface area contributed by atoms with Crippen molar-refractivity contribution in [3.63, 3.8) is 0 Å². The molecule has 0 atom stereocenters. The Morgan fingerprint density at radius 2 is 1.55 bits per heavy atom. The Bertz CT molecular complexity index is 1130. The number of nitrogens with one attached hydrogen (secondary N) is 3. The van der Waals surface area contributed by atoms with E-state index in [1.54, 1.807) is 61.7 Å². The van der Waals surface area contributed by atoms with Crippen molar-refractivity contribution >= 4 is 40.5 Å². The number of aryl methyl sites for hydroxylation is 1. The van der Waals surface area contributed by atoms with Crippen molar-refractivity contribution in [2.75, 3.05) is 31.0 Å². The molecule has 3 rings (SSSR count). The lowest BCUT2D eigenvalue weighted by Crippen LogP contribution is -2.34. The molecule has 0 spiro atoms. The van der Waals surface area contributed by atoms with Gasteiger partial charge in [0.15, 0.2) is 5.11 Å². The molecule has 0 aliphatic carbocycles. The summed E-state index contributed by atoms with van der Waals surface area (Å²) in [6, 6.07) is 21.3. The first-order chi connectivity index (χ1) is 16.0. The van der Waals surface area contributed by atoms with Crippen molar-refractivity contribution in [2.45, 2.75) is 6.92 Å². The van der Waals surface area contributed by atoms with Gasteiger partial charge in [-0.2, -0.15) is 0 Å². The zero-order valence-corrected chi connectivity index (χ0v) is 19.2. The van der Waals surface area contributed by atoms with E-state index in [4.69, 9.17) is 21.7 Å². The third-order valence-corrected chi connectivity index (χ3v) is 4.79. The third kappa shape index (κ3) is 7.13. The Morgan fingerprint density at radius 3 is 2.24 bits per heavy atom. The number of anilines is 2. The summed E-state index contributed by atoms with van der Waals surface area (Å²) in [5.41, 5.74) is 3.28. The average Bonchev–Trinajstić information content (AvgIpc) is 2.80. The van der Waals surface area contributed by atoms with E-state index in [0.29, 0.717) is 41.5 Å².